The van der Waals surface area contributed by atoms with Crippen molar-refractivity contribution in [2.75, 3.05) is 11.9 Å². The number of hydrogen-bond donors (Lipinski definition) is 3. The number of carbonyl (C=O) groups is 1. The topological polar surface area (TPSA) is 95.6 Å². The van der Waals surface area contributed by atoms with E-state index in [-0.39, 0.29) is 29.1 Å². The van der Waals surface area contributed by atoms with Crippen LogP contribution in [0.3, 0.4) is 0 Å². The molecular formula is C11H15ClN6O. The van der Waals surface area contributed by atoms with Gasteiger partial charge in [0.25, 0.3) is 0 Å². The lowest BCUT2D eigenvalue weighted by atomic mass is 10.1. The maximum atomic E-state index is 11.7. The molecule has 2 aromatic rings. The highest BCUT2D eigenvalue weighted by molar-refractivity contribution is 6.33. The molecule has 0 aliphatic heterocycles. The SMILES string of the molecule is CC(C)(C)NCC(=O)Nc1nc(Cl)c2[nH]cnc2n1. The molecule has 0 spiro atoms. The maximum Gasteiger partial charge on any atom is 0.240 e. The molecule has 2 aromatic heterocycles. The van der Waals surface area contributed by atoms with Crippen LogP contribution in [0.2, 0.25) is 5.15 Å². The summed E-state index contributed by atoms with van der Waals surface area (Å²) in [7, 11) is 0. The molecule has 0 aliphatic carbocycles. The first kappa shape index (κ1) is 13.7. The number of imidazole rings is 1. The summed E-state index contributed by atoms with van der Waals surface area (Å²) in [6.07, 6.45) is 1.47. The number of aromatic nitrogens is 4. The third-order valence-electron chi connectivity index (χ3n) is 2.27. The molecule has 1 amide bonds. The Morgan fingerprint density at radius 3 is 2.84 bits per heavy atom. The van der Waals surface area contributed by atoms with Crippen molar-refractivity contribution in [2.45, 2.75) is 26.3 Å². The fraction of sp³-hybridized carbons (Fsp3) is 0.455. The van der Waals surface area contributed by atoms with E-state index in [0.29, 0.717) is 11.2 Å². The number of amides is 1. The van der Waals surface area contributed by atoms with Gasteiger partial charge in [0.05, 0.1) is 12.9 Å². The molecule has 102 valence electrons. The van der Waals surface area contributed by atoms with E-state index in [1.165, 1.54) is 6.33 Å². The molecule has 0 unspecified atom stereocenters. The van der Waals surface area contributed by atoms with Gasteiger partial charge in [-0.15, -0.1) is 0 Å². The van der Waals surface area contributed by atoms with E-state index in [9.17, 15) is 4.79 Å². The zero-order valence-corrected chi connectivity index (χ0v) is 11.7. The van der Waals surface area contributed by atoms with Crippen LogP contribution in [0.4, 0.5) is 5.95 Å². The second kappa shape index (κ2) is 5.10. The lowest BCUT2D eigenvalue weighted by molar-refractivity contribution is -0.115. The third kappa shape index (κ3) is 3.62. The van der Waals surface area contributed by atoms with Gasteiger partial charge in [-0.3, -0.25) is 10.1 Å². The molecule has 0 aliphatic rings. The van der Waals surface area contributed by atoms with Crippen molar-refractivity contribution < 1.29 is 4.79 Å². The Morgan fingerprint density at radius 2 is 2.16 bits per heavy atom. The van der Waals surface area contributed by atoms with Crippen LogP contribution in [0.1, 0.15) is 20.8 Å². The number of H-pyrrole nitrogens is 1. The van der Waals surface area contributed by atoms with Gasteiger partial charge >= 0.3 is 0 Å². The first-order chi connectivity index (χ1) is 8.85. The number of anilines is 1. The molecule has 0 aromatic carbocycles. The normalized spacial score (nSPS) is 11.8. The van der Waals surface area contributed by atoms with Crippen molar-refractivity contribution in [1.29, 1.82) is 0 Å². The van der Waals surface area contributed by atoms with Gasteiger partial charge < -0.3 is 10.3 Å². The quantitative estimate of drug-likeness (QED) is 0.738. The van der Waals surface area contributed by atoms with Crippen LogP contribution in [-0.4, -0.2) is 37.9 Å². The Kier molecular flexibility index (Phi) is 3.68. The maximum absolute atomic E-state index is 11.7. The fourth-order valence-electron chi connectivity index (χ4n) is 1.37. The minimum atomic E-state index is -0.235. The molecule has 7 nitrogen and oxygen atoms in total. The minimum absolute atomic E-state index is 0.137. The molecule has 2 heterocycles. The summed E-state index contributed by atoms with van der Waals surface area (Å²) < 4.78 is 0. The number of nitrogens with one attached hydrogen (secondary N) is 3. The smallest absolute Gasteiger partial charge is 0.240 e. The number of aromatic amines is 1. The number of hydrogen-bond acceptors (Lipinski definition) is 5. The predicted molar refractivity (Wildman–Crippen MR) is 73.1 cm³/mol. The van der Waals surface area contributed by atoms with E-state index in [4.69, 9.17) is 11.6 Å². The highest BCUT2D eigenvalue weighted by atomic mass is 35.5. The van der Waals surface area contributed by atoms with Crippen LogP contribution in [0.15, 0.2) is 6.33 Å². The largest absolute Gasteiger partial charge is 0.341 e. The molecule has 0 atom stereocenters. The summed E-state index contributed by atoms with van der Waals surface area (Å²) in [5.74, 6) is -0.0915. The molecule has 0 fully saturated rings. The van der Waals surface area contributed by atoms with E-state index in [1.807, 2.05) is 20.8 Å². The molecular weight excluding hydrogens is 268 g/mol. The Balaban J connectivity index is 2.06. The van der Waals surface area contributed by atoms with Crippen LogP contribution in [-0.2, 0) is 4.79 Å². The van der Waals surface area contributed by atoms with Crippen LogP contribution >= 0.6 is 11.6 Å². The van der Waals surface area contributed by atoms with Gasteiger partial charge in [0.2, 0.25) is 11.9 Å². The molecule has 0 radical (unpaired) electrons. The summed E-state index contributed by atoms with van der Waals surface area (Å²) >= 11 is 5.95. The highest BCUT2D eigenvalue weighted by Crippen LogP contribution is 2.17. The van der Waals surface area contributed by atoms with Crippen molar-refractivity contribution in [2.24, 2.45) is 0 Å². The first-order valence-corrected chi connectivity index (χ1v) is 6.14. The van der Waals surface area contributed by atoms with Crippen molar-refractivity contribution >= 4 is 34.6 Å². The van der Waals surface area contributed by atoms with Crippen LogP contribution in [0.25, 0.3) is 11.2 Å². The Morgan fingerprint density at radius 1 is 1.42 bits per heavy atom. The molecule has 3 N–H and O–H groups in total. The number of rotatable bonds is 3. The molecule has 2 rings (SSSR count). The molecule has 8 heteroatoms. The van der Waals surface area contributed by atoms with Gasteiger partial charge in [0.15, 0.2) is 10.8 Å². The number of carbonyl (C=O) groups excluding carboxylic acids is 1. The summed E-state index contributed by atoms with van der Waals surface area (Å²) in [6, 6.07) is 0. The lowest BCUT2D eigenvalue weighted by Crippen LogP contribution is -2.41. The van der Waals surface area contributed by atoms with Gasteiger partial charge in [-0.2, -0.15) is 9.97 Å². The molecule has 0 saturated carbocycles. The van der Waals surface area contributed by atoms with Crippen molar-refractivity contribution in [3.05, 3.63) is 11.5 Å². The summed E-state index contributed by atoms with van der Waals surface area (Å²) in [5, 5.41) is 5.87. The number of halogens is 1. The van der Waals surface area contributed by atoms with E-state index in [1.54, 1.807) is 0 Å². The van der Waals surface area contributed by atoms with Crippen molar-refractivity contribution in [3.8, 4) is 0 Å². The van der Waals surface area contributed by atoms with Gasteiger partial charge in [-0.25, -0.2) is 4.98 Å². The highest BCUT2D eigenvalue weighted by Gasteiger charge is 2.13. The van der Waals surface area contributed by atoms with Gasteiger partial charge in [-0.05, 0) is 20.8 Å². The zero-order chi connectivity index (χ0) is 14.0. The summed E-state index contributed by atoms with van der Waals surface area (Å²) in [6.45, 7) is 6.10. The van der Waals surface area contributed by atoms with E-state index < -0.39 is 0 Å². The van der Waals surface area contributed by atoms with Crippen molar-refractivity contribution in [3.63, 3.8) is 0 Å². The molecule has 0 saturated heterocycles. The minimum Gasteiger partial charge on any atom is -0.341 e. The van der Waals surface area contributed by atoms with E-state index >= 15 is 0 Å². The Bertz CT molecular complexity index is 603. The molecule has 0 bridgehead atoms. The van der Waals surface area contributed by atoms with Crippen LogP contribution in [0.5, 0.6) is 0 Å². The van der Waals surface area contributed by atoms with Crippen molar-refractivity contribution in [1.82, 2.24) is 25.3 Å². The number of nitrogens with zero attached hydrogens (tertiary/aromatic N) is 3. The average molecular weight is 283 g/mol. The average Bonchev–Trinajstić information content (AvgIpc) is 2.74. The Hall–Kier alpha value is -1.73. The lowest BCUT2D eigenvalue weighted by Gasteiger charge is -2.19. The van der Waals surface area contributed by atoms with E-state index in [2.05, 4.69) is 30.6 Å². The summed E-state index contributed by atoms with van der Waals surface area (Å²) in [5.41, 5.74) is 0.827. The monoisotopic (exact) mass is 282 g/mol. The van der Waals surface area contributed by atoms with Crippen LogP contribution < -0.4 is 10.6 Å². The van der Waals surface area contributed by atoms with Gasteiger partial charge in [0.1, 0.15) is 5.52 Å². The first-order valence-electron chi connectivity index (χ1n) is 5.77. The second-order valence-corrected chi connectivity index (χ2v) is 5.45. The zero-order valence-electron chi connectivity index (χ0n) is 10.9. The third-order valence-corrected chi connectivity index (χ3v) is 2.55. The fourth-order valence-corrected chi connectivity index (χ4v) is 1.59. The summed E-state index contributed by atoms with van der Waals surface area (Å²) in [4.78, 5) is 26.6. The van der Waals surface area contributed by atoms with E-state index in [0.717, 1.165) is 0 Å². The molecule has 19 heavy (non-hydrogen) atoms. The van der Waals surface area contributed by atoms with Gasteiger partial charge in [-0.1, -0.05) is 11.6 Å². The second-order valence-electron chi connectivity index (χ2n) is 5.09. The van der Waals surface area contributed by atoms with Gasteiger partial charge in [0, 0.05) is 5.54 Å². The predicted octanol–water partition coefficient (Wildman–Crippen LogP) is 1.33. The standard InChI is InChI=1S/C11H15ClN6O/c1-11(2,3)15-4-6(19)16-10-17-8(12)7-9(18-10)14-5-13-7/h5,15H,4H2,1-3H3,(H2,13,14,16,17,18,19). The Labute approximate surface area is 115 Å². The van der Waals surface area contributed by atoms with Crippen LogP contribution in [0, 0.1) is 0 Å². The number of fused-ring (bicyclic) bond motifs is 1.